The number of carbonyl (C=O) groups excluding carboxylic acids is 3. The third kappa shape index (κ3) is 16.5. The van der Waals surface area contributed by atoms with Crippen molar-refractivity contribution in [2.45, 2.75) is 97.4 Å². The molecule has 4 N–H and O–H groups in total. The number of alkyl carbamates (subject to hydrolysis) is 1. The first kappa shape index (κ1) is 44.6. The van der Waals surface area contributed by atoms with Gasteiger partial charge in [0.25, 0.3) is 5.91 Å². The van der Waals surface area contributed by atoms with E-state index in [1.165, 1.54) is 6.92 Å². The minimum Gasteiger partial charge on any atom is -0.494 e. The number of hydrogen-bond donors (Lipinski definition) is 4. The smallest absolute Gasteiger partial charge is 0.422 e. The highest BCUT2D eigenvalue weighted by atomic mass is 19.4. The summed E-state index contributed by atoms with van der Waals surface area (Å²) in [6, 6.07) is 12.5. The molecule has 4 rings (SSSR count). The molecule has 18 heteroatoms. The molecule has 1 aliphatic heterocycles. The van der Waals surface area contributed by atoms with E-state index in [4.69, 9.17) is 14.2 Å². The van der Waals surface area contributed by atoms with Gasteiger partial charge in [-0.1, -0.05) is 31.8 Å². The number of nitrogens with one attached hydrogen (secondary N) is 4. The monoisotopic (exact) mass is 798 g/mol. The molecule has 2 heterocycles. The Morgan fingerprint density at radius 1 is 0.930 bits per heavy atom. The van der Waals surface area contributed by atoms with Gasteiger partial charge in [-0.15, -0.1) is 0 Å². The van der Waals surface area contributed by atoms with Gasteiger partial charge in [0.2, 0.25) is 19.3 Å². The summed E-state index contributed by atoms with van der Waals surface area (Å²) >= 11 is 0. The zero-order valence-corrected chi connectivity index (χ0v) is 33.3. The summed E-state index contributed by atoms with van der Waals surface area (Å²) in [6.07, 6.45) is 0.360. The molecule has 0 aliphatic carbocycles. The average Bonchev–Trinajstić information content (AvgIpc) is 3.16. The van der Waals surface area contributed by atoms with Gasteiger partial charge in [0, 0.05) is 24.3 Å². The van der Waals surface area contributed by atoms with Gasteiger partial charge >= 0.3 is 18.3 Å². The predicted molar refractivity (Wildman–Crippen MR) is 212 cm³/mol. The molecule has 0 spiro atoms. The van der Waals surface area contributed by atoms with Crippen LogP contribution in [0.2, 0.25) is 6.82 Å². The van der Waals surface area contributed by atoms with Crippen LogP contribution in [0.5, 0.6) is 11.8 Å². The maximum Gasteiger partial charge on any atom is 0.422 e. The van der Waals surface area contributed by atoms with Gasteiger partial charge in [0.05, 0.1) is 12.6 Å². The summed E-state index contributed by atoms with van der Waals surface area (Å²) in [4.78, 5) is 52.0. The topological polar surface area (TPSA) is 169 Å². The molecule has 1 aromatic heterocycles. The zero-order chi connectivity index (χ0) is 41.4. The fraction of sp³-hybridized carbons (Fsp3) is 0.538. The fourth-order valence-electron chi connectivity index (χ4n) is 6.12. The summed E-state index contributed by atoms with van der Waals surface area (Å²) in [7, 11) is 0.880. The molecular weight excluding hydrogens is 744 g/mol. The van der Waals surface area contributed by atoms with Crippen molar-refractivity contribution in [3.05, 3.63) is 59.7 Å². The Morgan fingerprint density at radius 2 is 1.63 bits per heavy atom. The third-order valence-electron chi connectivity index (χ3n) is 8.95. The van der Waals surface area contributed by atoms with Crippen LogP contribution in [0.3, 0.4) is 0 Å². The first-order valence-electron chi connectivity index (χ1n) is 19.4. The summed E-state index contributed by atoms with van der Waals surface area (Å²) < 4.78 is 54.8. The lowest BCUT2D eigenvalue weighted by Crippen LogP contribution is -2.51. The highest BCUT2D eigenvalue weighted by Gasteiger charge is 2.31. The number of aromatic nitrogens is 3. The summed E-state index contributed by atoms with van der Waals surface area (Å²) in [6.45, 7) is 10.5. The van der Waals surface area contributed by atoms with Crippen molar-refractivity contribution in [2.75, 3.05) is 43.5 Å². The molecule has 1 saturated heterocycles. The zero-order valence-electron chi connectivity index (χ0n) is 33.3. The van der Waals surface area contributed by atoms with E-state index in [0.29, 0.717) is 30.2 Å². The van der Waals surface area contributed by atoms with Crippen molar-refractivity contribution in [3.8, 4) is 11.8 Å². The number of nitrogens with zero attached hydrogens (tertiary/aromatic N) is 4. The number of anilines is 3. The van der Waals surface area contributed by atoms with Crippen LogP contribution in [0, 0.1) is 5.92 Å². The van der Waals surface area contributed by atoms with Crippen LogP contribution in [0.4, 0.5) is 35.5 Å². The molecular formula is C39H54BF3N8O6. The van der Waals surface area contributed by atoms with Crippen molar-refractivity contribution in [1.29, 1.82) is 0 Å². The van der Waals surface area contributed by atoms with E-state index in [2.05, 4.69) is 47.9 Å². The van der Waals surface area contributed by atoms with E-state index >= 15 is 0 Å². The van der Waals surface area contributed by atoms with E-state index in [1.54, 1.807) is 24.3 Å². The Hall–Kier alpha value is -5.13. The summed E-state index contributed by atoms with van der Waals surface area (Å²) in [5, 5.41) is 11.6. The van der Waals surface area contributed by atoms with Gasteiger partial charge in [-0.2, -0.15) is 28.1 Å². The first-order valence-corrected chi connectivity index (χ1v) is 19.4. The molecule has 2 amide bonds. The molecule has 2 atom stereocenters. The maximum absolute atomic E-state index is 13.1. The Morgan fingerprint density at radius 3 is 2.30 bits per heavy atom. The van der Waals surface area contributed by atoms with Crippen LogP contribution in [0.1, 0.15) is 82.1 Å². The maximum atomic E-state index is 13.1. The van der Waals surface area contributed by atoms with Crippen molar-refractivity contribution in [2.24, 2.45) is 5.92 Å². The van der Waals surface area contributed by atoms with Crippen molar-refractivity contribution >= 4 is 42.8 Å². The van der Waals surface area contributed by atoms with E-state index in [1.807, 2.05) is 45.0 Å². The number of hydrogen-bond acceptors (Lipinski definition) is 12. The number of halogens is 3. The number of ketones is 1. The number of alkyl halides is 3. The summed E-state index contributed by atoms with van der Waals surface area (Å²) in [5.41, 5.74) is 1.09. The molecule has 1 fully saturated rings. The lowest BCUT2D eigenvalue weighted by Gasteiger charge is -2.35. The molecule has 0 saturated carbocycles. The largest absolute Gasteiger partial charge is 0.494 e. The molecule has 14 nitrogen and oxygen atoms in total. The normalized spacial score (nSPS) is 15.2. The average molecular weight is 799 g/mol. The van der Waals surface area contributed by atoms with Gasteiger partial charge in [-0.3, -0.25) is 9.59 Å². The molecule has 0 radical (unpaired) electrons. The van der Waals surface area contributed by atoms with Crippen molar-refractivity contribution in [3.63, 3.8) is 0 Å². The second kappa shape index (κ2) is 21.4. The Bertz CT molecular complexity index is 1750. The lowest BCUT2D eigenvalue weighted by molar-refractivity contribution is -0.154. The lowest BCUT2D eigenvalue weighted by atomic mass is 9.83. The summed E-state index contributed by atoms with van der Waals surface area (Å²) in [5.74, 6) is 0.120. The van der Waals surface area contributed by atoms with Crippen LogP contribution >= 0.6 is 0 Å². The first-order chi connectivity index (χ1) is 27.1. The van der Waals surface area contributed by atoms with Crippen molar-refractivity contribution in [1.82, 2.24) is 30.4 Å². The molecule has 2 aromatic carbocycles. The van der Waals surface area contributed by atoms with E-state index in [9.17, 15) is 27.6 Å². The van der Waals surface area contributed by atoms with Gasteiger partial charge in [-0.05, 0) is 114 Å². The molecule has 310 valence electrons. The molecule has 2 unspecified atom stereocenters. The molecule has 0 bridgehead atoms. The molecule has 3 aromatic rings. The number of carbonyl (C=O) groups is 3. The van der Waals surface area contributed by atoms with Crippen LogP contribution in [-0.2, 0) is 16.1 Å². The number of Topliss-reactive ketones (excluding diaryl/α,β-unsaturated/α-hetero) is 1. The minimum absolute atomic E-state index is 0.0235. The minimum atomic E-state index is -4.61. The van der Waals surface area contributed by atoms with Crippen LogP contribution in [-0.4, -0.2) is 95.6 Å². The van der Waals surface area contributed by atoms with E-state index in [0.717, 1.165) is 64.6 Å². The number of benzene rings is 2. The molecule has 1 aliphatic rings. The highest BCUT2D eigenvalue weighted by Crippen LogP contribution is 2.23. The predicted octanol–water partition coefficient (Wildman–Crippen LogP) is 6.43. The van der Waals surface area contributed by atoms with Gasteiger partial charge in [-0.25, -0.2) is 4.79 Å². The highest BCUT2D eigenvalue weighted by molar-refractivity contribution is 6.29. The van der Waals surface area contributed by atoms with Crippen LogP contribution in [0.15, 0.2) is 48.5 Å². The SMILES string of the molecule is CBN1CCCC(C(NC(=O)c2ccc(Nc3nc(NCc4ccc(OCCCCCCNC(=O)OC(C)(C)C)cc4)nc(OCC(F)(F)F)n3)cc2)C(C)=O)C1. The van der Waals surface area contributed by atoms with E-state index in [-0.39, 0.29) is 36.0 Å². The third-order valence-corrected chi connectivity index (χ3v) is 8.95. The van der Waals surface area contributed by atoms with Crippen molar-refractivity contribution < 1.29 is 41.8 Å². The molecule has 57 heavy (non-hydrogen) atoms. The second-order valence-electron chi connectivity index (χ2n) is 14.9. The standard InChI is InChI=1S/C39H54BF3N8O6/c1-26(52)32(29-11-10-21-51(24-29)40-5)47-33(53)28-14-16-30(17-15-28)46-35-48-34(49-36(50-35)56-25-39(41,42)43)45-23-27-12-18-31(19-13-27)55-22-9-7-6-8-20-44-37(54)57-38(2,3)4/h12-19,29,32,40H,6-11,20-25H2,1-5H3,(H,44,54)(H,47,53)(H2,45,46,48,49,50). The van der Waals surface area contributed by atoms with Gasteiger partial charge in [0.15, 0.2) is 12.4 Å². The second-order valence-corrected chi connectivity index (χ2v) is 14.9. The van der Waals surface area contributed by atoms with Crippen LogP contribution < -0.4 is 30.7 Å². The fourth-order valence-corrected chi connectivity index (χ4v) is 6.12. The number of rotatable bonds is 20. The quantitative estimate of drug-likeness (QED) is 0.0732. The number of ether oxygens (including phenoxy) is 3. The number of amides is 2. The Labute approximate surface area is 332 Å². The van der Waals surface area contributed by atoms with E-state index < -0.39 is 36.5 Å². The Kier molecular flexibility index (Phi) is 16.8. The van der Waals surface area contributed by atoms with Gasteiger partial charge in [0.1, 0.15) is 11.4 Å². The Balaban J connectivity index is 1.28. The van der Waals surface area contributed by atoms with Gasteiger partial charge < -0.3 is 40.3 Å². The number of piperidine rings is 1. The number of unbranched alkanes of at least 4 members (excludes halogenated alkanes) is 3. The van der Waals surface area contributed by atoms with Crippen LogP contribution in [0.25, 0.3) is 0 Å².